The number of H-pyrrole nitrogens is 1. The number of aromatic hydroxyl groups is 1. The fourth-order valence-electron chi connectivity index (χ4n) is 8.52. The van der Waals surface area contributed by atoms with Crippen molar-refractivity contribution in [3.8, 4) is 5.75 Å². The van der Waals surface area contributed by atoms with E-state index in [1.807, 2.05) is 6.26 Å². The first-order chi connectivity index (χ1) is 37.3. The molecule has 1 aliphatic heterocycles. The second kappa shape index (κ2) is 32.5. The van der Waals surface area contributed by atoms with Crippen LogP contribution in [-0.2, 0) is 65.6 Å². The highest BCUT2D eigenvalue weighted by Crippen LogP contribution is 2.22. The van der Waals surface area contributed by atoms with Crippen LogP contribution in [0, 0.1) is 11.8 Å². The number of phenols is 1. The van der Waals surface area contributed by atoms with E-state index in [0.29, 0.717) is 29.9 Å². The van der Waals surface area contributed by atoms with Gasteiger partial charge in [-0.25, -0.2) is 9.78 Å². The van der Waals surface area contributed by atoms with Crippen molar-refractivity contribution in [1.29, 1.82) is 0 Å². The number of hydrogen-bond acceptors (Lipinski definition) is 16. The molecule has 9 amide bonds. The Hall–Kier alpha value is -7.33. The Morgan fingerprint density at radius 2 is 1.30 bits per heavy atom. The van der Waals surface area contributed by atoms with Gasteiger partial charge in [-0.1, -0.05) is 46.2 Å². The van der Waals surface area contributed by atoms with Gasteiger partial charge < -0.3 is 79.0 Å². The number of nitrogens with one attached hydrogen (secondary N) is 8. The summed E-state index contributed by atoms with van der Waals surface area (Å²) in [6.07, 6.45) is 1.83. The first-order valence-corrected chi connectivity index (χ1v) is 27.5. The number of nitrogens with zero attached hydrogens (tertiary/aromatic N) is 2. The molecule has 3 rings (SSSR count). The topological polar surface area (TPSA) is 437 Å². The number of amides is 9. The summed E-state index contributed by atoms with van der Waals surface area (Å²) in [7, 11) is 0. The van der Waals surface area contributed by atoms with Crippen LogP contribution in [0.3, 0.4) is 0 Å². The van der Waals surface area contributed by atoms with E-state index in [9.17, 15) is 73.2 Å². The minimum Gasteiger partial charge on any atom is -0.508 e. The number of rotatable bonds is 34. The van der Waals surface area contributed by atoms with Gasteiger partial charge in [0.15, 0.2) is 6.04 Å². The third kappa shape index (κ3) is 21.8. The number of carboxylic acids is 2. The predicted molar refractivity (Wildman–Crippen MR) is 287 cm³/mol. The van der Waals surface area contributed by atoms with E-state index in [-0.39, 0.29) is 63.2 Å². The Labute approximate surface area is 462 Å². The summed E-state index contributed by atoms with van der Waals surface area (Å²) in [6, 6.07) is -6.97. The maximum absolute atomic E-state index is 14.7. The molecule has 27 nitrogen and oxygen atoms in total. The number of phenolic OH excluding ortho intramolecular Hbond substituents is 1. The molecule has 2 heterocycles. The lowest BCUT2D eigenvalue weighted by molar-refractivity contribution is -0.146. The summed E-state index contributed by atoms with van der Waals surface area (Å²) in [5.41, 5.74) is 12.2. The Balaban J connectivity index is 1.96. The fraction of sp³-hybridized carbons (Fsp3) is 0.608. The van der Waals surface area contributed by atoms with Crippen molar-refractivity contribution >= 4 is 76.9 Å². The van der Waals surface area contributed by atoms with E-state index in [0.717, 1.165) is 0 Å². The minimum atomic E-state index is -1.69. The number of nitrogens with two attached hydrogens (primary N) is 2. The van der Waals surface area contributed by atoms with Crippen molar-refractivity contribution in [3.63, 3.8) is 0 Å². The van der Waals surface area contributed by atoms with Gasteiger partial charge in [-0.3, -0.25) is 47.9 Å². The van der Waals surface area contributed by atoms with Crippen molar-refractivity contribution in [2.45, 2.75) is 166 Å². The number of aromatic nitrogens is 2. The molecule has 0 unspecified atom stereocenters. The lowest BCUT2D eigenvalue weighted by Gasteiger charge is -2.32. The molecule has 0 spiro atoms. The summed E-state index contributed by atoms with van der Waals surface area (Å²) in [4.78, 5) is 156. The highest BCUT2D eigenvalue weighted by Gasteiger charge is 2.41. The molecular formula is C51H78N12O15S. The smallest absolute Gasteiger partial charge is 0.328 e. The average Bonchev–Trinajstić information content (AvgIpc) is 4.15. The lowest BCUT2D eigenvalue weighted by atomic mass is 9.97. The Morgan fingerprint density at radius 1 is 0.734 bits per heavy atom. The molecule has 0 aliphatic carbocycles. The van der Waals surface area contributed by atoms with Crippen LogP contribution >= 0.6 is 11.8 Å². The molecule has 1 fully saturated rings. The number of aliphatic carboxylic acids is 2. The second-order valence-corrected chi connectivity index (χ2v) is 21.0. The van der Waals surface area contributed by atoms with Crippen molar-refractivity contribution in [2.75, 3.05) is 18.6 Å². The number of aliphatic hydroxyl groups excluding tert-OH is 1. The van der Waals surface area contributed by atoms with E-state index in [1.54, 1.807) is 27.7 Å². The van der Waals surface area contributed by atoms with Crippen molar-refractivity contribution < 1.29 is 73.2 Å². The number of aliphatic hydroxyl groups is 1. The van der Waals surface area contributed by atoms with E-state index in [2.05, 4.69) is 47.2 Å². The highest BCUT2D eigenvalue weighted by molar-refractivity contribution is 7.98. The summed E-state index contributed by atoms with van der Waals surface area (Å²) in [5, 5.41) is 57.2. The summed E-state index contributed by atoms with van der Waals surface area (Å²) in [6.45, 7) is 8.03. The van der Waals surface area contributed by atoms with Gasteiger partial charge in [-0.15, -0.1) is 0 Å². The number of likely N-dealkylation sites (tertiary alicyclic amines) is 1. The normalized spacial score (nSPS) is 17.0. The van der Waals surface area contributed by atoms with E-state index in [4.69, 9.17) is 11.5 Å². The summed E-state index contributed by atoms with van der Waals surface area (Å²) >= 11 is 1.45. The quantitative estimate of drug-likeness (QED) is 0.0362. The molecule has 2 aromatic rings. The summed E-state index contributed by atoms with van der Waals surface area (Å²) in [5.74, 6) is -10.9. The average molecular weight is 1130 g/mol. The third-order valence-corrected chi connectivity index (χ3v) is 13.8. The monoisotopic (exact) mass is 1130 g/mol. The van der Waals surface area contributed by atoms with Gasteiger partial charge >= 0.3 is 11.9 Å². The van der Waals surface area contributed by atoms with Gasteiger partial charge in [0.25, 0.3) is 0 Å². The van der Waals surface area contributed by atoms with Crippen LogP contribution in [-0.4, -0.2) is 179 Å². The van der Waals surface area contributed by atoms with Crippen LogP contribution in [0.5, 0.6) is 5.75 Å². The second-order valence-electron chi connectivity index (χ2n) is 20.0. The van der Waals surface area contributed by atoms with Crippen molar-refractivity contribution in [2.24, 2.45) is 23.3 Å². The summed E-state index contributed by atoms with van der Waals surface area (Å²) < 4.78 is 0. The molecule has 438 valence electrons. The van der Waals surface area contributed by atoms with E-state index < -0.39 is 144 Å². The van der Waals surface area contributed by atoms with Gasteiger partial charge in [-0.2, -0.15) is 11.8 Å². The lowest BCUT2D eigenvalue weighted by Crippen LogP contribution is -2.61. The Bertz CT molecular complexity index is 2410. The minimum absolute atomic E-state index is 0.00887. The number of carboxylic acid groups (broad SMARTS) is 2. The predicted octanol–water partition coefficient (Wildman–Crippen LogP) is -1.95. The number of thioether (sulfide) groups is 1. The molecular weight excluding hydrogens is 1050 g/mol. The maximum atomic E-state index is 14.7. The van der Waals surface area contributed by atoms with Crippen LogP contribution in [0.1, 0.15) is 104 Å². The Morgan fingerprint density at radius 3 is 1.85 bits per heavy atom. The van der Waals surface area contributed by atoms with Gasteiger partial charge in [0.05, 0.1) is 18.5 Å². The number of carbonyl (C=O) groups is 11. The largest absolute Gasteiger partial charge is 0.508 e. The number of carbonyl (C=O) groups excluding carboxylic acids is 9. The van der Waals surface area contributed by atoms with Crippen LogP contribution < -0.4 is 48.7 Å². The third-order valence-electron chi connectivity index (χ3n) is 13.2. The zero-order valence-electron chi connectivity index (χ0n) is 45.3. The number of primary amides is 1. The molecule has 16 N–H and O–H groups in total. The number of aromatic amines is 1. The van der Waals surface area contributed by atoms with Crippen molar-refractivity contribution in [1.82, 2.24) is 52.1 Å². The van der Waals surface area contributed by atoms with E-state index >= 15 is 0 Å². The first-order valence-electron chi connectivity index (χ1n) is 26.1. The van der Waals surface area contributed by atoms with Crippen LogP contribution in [0.2, 0.25) is 0 Å². The molecule has 0 radical (unpaired) electrons. The molecule has 0 bridgehead atoms. The maximum Gasteiger partial charge on any atom is 0.328 e. The van der Waals surface area contributed by atoms with Gasteiger partial charge in [-0.05, 0) is 87.0 Å². The SMILES string of the molecule is CC[C@H](C)[C@H](NC(=O)[C@@H]1CCCN1C(=O)[C@H](Cc1ccc(O)cc1)NC(=O)[C@H](CCC(=O)O)NC(=O)[C@H](CC(C)C)NC(=O)[C@H](Cc1cnc[nH]1)NC(=O)[C@H](CCC(N)=O)NC(=O)[C@@H](N)CCSC)C(=O)N[C@H](C(=O)O)[C@@H](C)O. The molecule has 28 heteroatoms. The molecule has 1 aromatic heterocycles. The number of benzene rings is 1. The molecule has 1 saturated heterocycles. The molecule has 1 aliphatic rings. The first kappa shape index (κ1) is 66.0. The molecule has 11 atom stereocenters. The van der Waals surface area contributed by atoms with Crippen LogP contribution in [0.25, 0.3) is 0 Å². The standard InChI is InChI=1S/C51H78N12O15S/c1-7-27(4)41(49(75)62-42(28(5)64)51(77)78)61-48(74)38-9-8-19-63(38)50(76)37(22-29-10-12-31(65)13-11-29)60-45(71)34(15-17-40(67)68)57-46(72)35(21-26(2)3)58-47(73)36(23-30-24-54-25-55-30)59-44(70)33(14-16-39(53)66)56-43(69)32(52)18-20-79-6/h10-13,24-28,32-38,41-42,64-65H,7-9,14-23,52H2,1-6H3,(H2,53,66)(H,54,55)(H,56,69)(H,57,72)(H,58,73)(H,59,70)(H,60,71)(H,61,74)(H,62,75)(H,67,68)(H,77,78)/t27-,28+,32-,33-,34-,35-,36-,37-,38-,41-,42-/m0/s1. The molecule has 0 saturated carbocycles. The van der Waals surface area contributed by atoms with Gasteiger partial charge in [0, 0.05) is 44.1 Å². The van der Waals surface area contributed by atoms with E-state index in [1.165, 1.54) is 60.4 Å². The van der Waals surface area contributed by atoms with Crippen molar-refractivity contribution in [3.05, 3.63) is 48.0 Å². The van der Waals surface area contributed by atoms with Crippen LogP contribution in [0.15, 0.2) is 36.8 Å². The number of imidazole rings is 1. The molecule has 1 aromatic carbocycles. The highest BCUT2D eigenvalue weighted by atomic mass is 32.2. The van der Waals surface area contributed by atoms with Gasteiger partial charge in [0.1, 0.15) is 48.0 Å². The zero-order chi connectivity index (χ0) is 59.1. The Kier molecular flexibility index (Phi) is 27.2. The number of hydrogen-bond donors (Lipinski definition) is 14. The molecule has 79 heavy (non-hydrogen) atoms. The fourth-order valence-corrected chi connectivity index (χ4v) is 9.01. The zero-order valence-corrected chi connectivity index (χ0v) is 46.1. The van der Waals surface area contributed by atoms with Gasteiger partial charge in [0.2, 0.25) is 53.2 Å². The van der Waals surface area contributed by atoms with Crippen LogP contribution in [0.4, 0.5) is 0 Å².